The molecule has 1 amide bonds. The van der Waals surface area contributed by atoms with Gasteiger partial charge in [-0.15, -0.1) is 0 Å². The summed E-state index contributed by atoms with van der Waals surface area (Å²) in [6, 6.07) is 3.44. The maximum atomic E-state index is 11.9. The van der Waals surface area contributed by atoms with Crippen LogP contribution in [-0.4, -0.2) is 28.0 Å². The van der Waals surface area contributed by atoms with Gasteiger partial charge in [0.1, 0.15) is 5.69 Å². The molecule has 5 heteroatoms. The zero-order valence-corrected chi connectivity index (χ0v) is 10.7. The lowest BCUT2D eigenvalue weighted by molar-refractivity contribution is -0.131. The van der Waals surface area contributed by atoms with E-state index >= 15 is 0 Å². The number of carbonyl (C=O) groups is 2. The summed E-state index contributed by atoms with van der Waals surface area (Å²) in [5, 5.41) is 11.4. The number of carbonyl (C=O) groups excluding carboxylic acids is 1. The second kappa shape index (κ2) is 5.65. The Morgan fingerprint density at radius 2 is 2.21 bits per heavy atom. The van der Waals surface area contributed by atoms with Gasteiger partial charge in [-0.05, 0) is 43.4 Å². The Bertz CT molecular complexity index is 504. The first kappa shape index (κ1) is 13.3. The summed E-state index contributed by atoms with van der Waals surface area (Å²) < 4.78 is 0. The molecule has 1 aliphatic carbocycles. The number of carboxylic acid groups (broad SMARTS) is 1. The van der Waals surface area contributed by atoms with Crippen LogP contribution in [0.5, 0.6) is 0 Å². The number of aliphatic carboxylic acids is 1. The van der Waals surface area contributed by atoms with E-state index < -0.39 is 5.97 Å². The summed E-state index contributed by atoms with van der Waals surface area (Å²) in [5.74, 6) is -0.602. The van der Waals surface area contributed by atoms with Gasteiger partial charge >= 0.3 is 5.97 Å². The Morgan fingerprint density at radius 3 is 2.74 bits per heavy atom. The highest BCUT2D eigenvalue weighted by atomic mass is 16.4. The fraction of sp³-hybridized carbons (Fsp3) is 0.357. The number of amides is 1. The third-order valence-corrected chi connectivity index (χ3v) is 3.13. The third kappa shape index (κ3) is 3.91. The maximum absolute atomic E-state index is 11.9. The highest BCUT2D eigenvalue weighted by Crippen LogP contribution is 2.32. The van der Waals surface area contributed by atoms with Crippen LogP contribution in [0.25, 0.3) is 6.08 Å². The van der Waals surface area contributed by atoms with Crippen molar-refractivity contribution < 1.29 is 14.7 Å². The summed E-state index contributed by atoms with van der Waals surface area (Å²) >= 11 is 0. The molecule has 1 saturated carbocycles. The van der Waals surface area contributed by atoms with Crippen LogP contribution in [0.15, 0.2) is 24.4 Å². The molecule has 19 heavy (non-hydrogen) atoms. The van der Waals surface area contributed by atoms with Gasteiger partial charge in [-0.3, -0.25) is 9.78 Å². The molecular weight excluding hydrogens is 244 g/mol. The van der Waals surface area contributed by atoms with Gasteiger partial charge in [0.05, 0.1) is 0 Å². The van der Waals surface area contributed by atoms with Crippen molar-refractivity contribution in [3.63, 3.8) is 0 Å². The van der Waals surface area contributed by atoms with Crippen molar-refractivity contribution in [3.05, 3.63) is 35.7 Å². The largest absolute Gasteiger partial charge is 0.478 e. The molecule has 0 saturated heterocycles. The molecule has 0 spiro atoms. The number of carboxylic acids is 1. The van der Waals surface area contributed by atoms with E-state index in [1.165, 1.54) is 25.1 Å². The van der Waals surface area contributed by atoms with Crippen LogP contribution < -0.4 is 5.32 Å². The van der Waals surface area contributed by atoms with Gasteiger partial charge in [-0.2, -0.15) is 0 Å². The lowest BCUT2D eigenvalue weighted by Gasteiger charge is -2.12. The number of rotatable bonds is 5. The Labute approximate surface area is 111 Å². The van der Waals surface area contributed by atoms with E-state index in [2.05, 4.69) is 10.3 Å². The number of pyridine rings is 1. The fourth-order valence-electron chi connectivity index (χ4n) is 1.80. The summed E-state index contributed by atoms with van der Waals surface area (Å²) in [7, 11) is 0. The topological polar surface area (TPSA) is 79.3 Å². The molecule has 1 aliphatic rings. The van der Waals surface area contributed by atoms with E-state index in [9.17, 15) is 9.59 Å². The Morgan fingerprint density at radius 1 is 1.47 bits per heavy atom. The van der Waals surface area contributed by atoms with Crippen molar-refractivity contribution in [2.75, 3.05) is 0 Å². The number of hydrogen-bond donors (Lipinski definition) is 2. The van der Waals surface area contributed by atoms with Gasteiger partial charge in [-0.25, -0.2) is 4.79 Å². The molecule has 1 aromatic rings. The van der Waals surface area contributed by atoms with E-state index in [-0.39, 0.29) is 11.9 Å². The summed E-state index contributed by atoms with van der Waals surface area (Å²) in [6.45, 7) is 2.00. The van der Waals surface area contributed by atoms with E-state index in [1.54, 1.807) is 12.1 Å². The summed E-state index contributed by atoms with van der Waals surface area (Å²) in [5.41, 5.74) is 0.995. The summed E-state index contributed by atoms with van der Waals surface area (Å²) in [6.07, 6.45) is 6.30. The normalized spacial score (nSPS) is 16.3. The predicted octanol–water partition coefficient (Wildman–Crippen LogP) is 1.71. The molecule has 0 radical (unpaired) electrons. The molecule has 100 valence electrons. The van der Waals surface area contributed by atoms with Gasteiger partial charge in [0.2, 0.25) is 0 Å². The maximum Gasteiger partial charge on any atom is 0.328 e. The van der Waals surface area contributed by atoms with Crippen LogP contribution in [0.1, 0.15) is 35.8 Å². The molecule has 1 heterocycles. The second-order valence-electron chi connectivity index (χ2n) is 4.75. The predicted molar refractivity (Wildman–Crippen MR) is 70.6 cm³/mol. The van der Waals surface area contributed by atoms with E-state index in [4.69, 9.17) is 5.11 Å². The monoisotopic (exact) mass is 260 g/mol. The minimum Gasteiger partial charge on any atom is -0.478 e. The van der Waals surface area contributed by atoms with E-state index in [1.807, 2.05) is 6.92 Å². The molecule has 1 aromatic heterocycles. The highest BCUT2D eigenvalue weighted by molar-refractivity contribution is 5.92. The first-order valence-electron chi connectivity index (χ1n) is 6.24. The van der Waals surface area contributed by atoms with Gasteiger partial charge in [0, 0.05) is 18.3 Å². The van der Waals surface area contributed by atoms with Crippen LogP contribution in [0.3, 0.4) is 0 Å². The van der Waals surface area contributed by atoms with Crippen LogP contribution in [0.4, 0.5) is 0 Å². The first-order chi connectivity index (χ1) is 9.06. The Balaban J connectivity index is 1.97. The third-order valence-electron chi connectivity index (χ3n) is 3.13. The molecule has 5 nitrogen and oxygen atoms in total. The average Bonchev–Trinajstić information content (AvgIpc) is 3.21. The standard InChI is InChI=1S/C14H16N2O3/c1-9(11-4-5-11)16-14(19)12-6-2-10(8-15-12)3-7-13(17)18/h2-3,6-9,11H,4-5H2,1H3,(H,16,19)(H,17,18). The van der Waals surface area contributed by atoms with Crippen LogP contribution in [0.2, 0.25) is 0 Å². The lowest BCUT2D eigenvalue weighted by atomic mass is 10.2. The number of aromatic nitrogens is 1. The van der Waals surface area contributed by atoms with Crippen molar-refractivity contribution in [3.8, 4) is 0 Å². The van der Waals surface area contributed by atoms with Gasteiger partial charge < -0.3 is 10.4 Å². The van der Waals surface area contributed by atoms with E-state index in [0.29, 0.717) is 17.2 Å². The molecule has 0 aromatic carbocycles. The molecule has 0 bridgehead atoms. The van der Waals surface area contributed by atoms with Crippen molar-refractivity contribution in [2.24, 2.45) is 5.92 Å². The number of hydrogen-bond acceptors (Lipinski definition) is 3. The Kier molecular flexibility index (Phi) is 3.94. The number of nitrogens with one attached hydrogen (secondary N) is 1. The SMILES string of the molecule is CC(NC(=O)c1ccc(C=CC(=O)O)cn1)C1CC1. The van der Waals surface area contributed by atoms with Gasteiger partial charge in [0.15, 0.2) is 0 Å². The second-order valence-corrected chi connectivity index (χ2v) is 4.75. The zero-order chi connectivity index (χ0) is 13.8. The van der Waals surface area contributed by atoms with Crippen molar-refractivity contribution in [1.82, 2.24) is 10.3 Å². The fourth-order valence-corrected chi connectivity index (χ4v) is 1.80. The van der Waals surface area contributed by atoms with Gasteiger partial charge in [-0.1, -0.05) is 6.07 Å². The number of nitrogens with zero attached hydrogens (tertiary/aromatic N) is 1. The quantitative estimate of drug-likeness (QED) is 0.790. The average molecular weight is 260 g/mol. The molecule has 2 N–H and O–H groups in total. The molecule has 0 aliphatic heterocycles. The zero-order valence-electron chi connectivity index (χ0n) is 10.7. The van der Waals surface area contributed by atoms with Crippen molar-refractivity contribution in [2.45, 2.75) is 25.8 Å². The molecule has 1 fully saturated rings. The van der Waals surface area contributed by atoms with Crippen LogP contribution >= 0.6 is 0 Å². The van der Waals surface area contributed by atoms with Crippen molar-refractivity contribution >= 4 is 18.0 Å². The van der Waals surface area contributed by atoms with E-state index in [0.717, 1.165) is 6.08 Å². The molecular formula is C14H16N2O3. The Hall–Kier alpha value is -2.17. The minimum atomic E-state index is -1.01. The van der Waals surface area contributed by atoms with Crippen LogP contribution in [0, 0.1) is 5.92 Å². The summed E-state index contributed by atoms with van der Waals surface area (Å²) in [4.78, 5) is 26.3. The van der Waals surface area contributed by atoms with Crippen LogP contribution in [-0.2, 0) is 4.79 Å². The molecule has 1 unspecified atom stereocenters. The minimum absolute atomic E-state index is 0.181. The first-order valence-corrected chi connectivity index (χ1v) is 6.24. The van der Waals surface area contributed by atoms with Gasteiger partial charge in [0.25, 0.3) is 5.91 Å². The lowest BCUT2D eigenvalue weighted by Crippen LogP contribution is -2.34. The molecule has 2 rings (SSSR count). The van der Waals surface area contributed by atoms with Crippen molar-refractivity contribution in [1.29, 1.82) is 0 Å². The molecule has 1 atom stereocenters. The highest BCUT2D eigenvalue weighted by Gasteiger charge is 2.29. The smallest absolute Gasteiger partial charge is 0.328 e.